The van der Waals surface area contributed by atoms with Gasteiger partial charge < -0.3 is 5.43 Å². The van der Waals surface area contributed by atoms with Gasteiger partial charge >= 0.3 is 0 Å². The van der Waals surface area contributed by atoms with Crippen LogP contribution in [0.5, 0.6) is 0 Å². The molecule has 0 atom stereocenters. The van der Waals surface area contributed by atoms with E-state index in [9.17, 15) is 0 Å². The number of aromatic nitrogens is 1. The fourth-order valence-electron chi connectivity index (χ4n) is 1.39. The van der Waals surface area contributed by atoms with Crippen molar-refractivity contribution in [2.45, 2.75) is 39.0 Å². The Kier molecular flexibility index (Phi) is 5.00. The summed E-state index contributed by atoms with van der Waals surface area (Å²) in [6, 6.07) is 3.99. The Morgan fingerprint density at radius 2 is 2.14 bits per heavy atom. The van der Waals surface area contributed by atoms with Crippen LogP contribution in [0.3, 0.4) is 0 Å². The van der Waals surface area contributed by atoms with Crippen LogP contribution in [0.2, 0.25) is 0 Å². The minimum absolute atomic E-state index is 0.863. The summed E-state index contributed by atoms with van der Waals surface area (Å²) in [7, 11) is 0. The van der Waals surface area contributed by atoms with Gasteiger partial charge in [0.2, 0.25) is 0 Å². The molecule has 0 fully saturated rings. The quantitative estimate of drug-likeness (QED) is 0.414. The molecule has 78 valence electrons. The van der Waals surface area contributed by atoms with Crippen molar-refractivity contribution in [3.8, 4) is 0 Å². The molecule has 0 aliphatic rings. The van der Waals surface area contributed by atoms with Crippen molar-refractivity contribution >= 4 is 5.69 Å². The van der Waals surface area contributed by atoms with E-state index in [1.165, 1.54) is 25.7 Å². The molecule has 1 rings (SSSR count). The molecular formula is C11H19N3. The van der Waals surface area contributed by atoms with Gasteiger partial charge in [-0.25, -0.2) is 0 Å². The van der Waals surface area contributed by atoms with Crippen molar-refractivity contribution < 1.29 is 0 Å². The van der Waals surface area contributed by atoms with E-state index in [4.69, 9.17) is 5.84 Å². The van der Waals surface area contributed by atoms with Gasteiger partial charge in [0.1, 0.15) is 0 Å². The van der Waals surface area contributed by atoms with Gasteiger partial charge in [-0.15, -0.1) is 0 Å². The molecule has 3 nitrogen and oxygen atoms in total. The molecule has 0 aliphatic heterocycles. The third-order valence-corrected chi connectivity index (χ3v) is 2.28. The zero-order valence-electron chi connectivity index (χ0n) is 8.79. The Bertz CT molecular complexity index is 243. The Labute approximate surface area is 85.7 Å². The Morgan fingerprint density at radius 3 is 2.71 bits per heavy atom. The van der Waals surface area contributed by atoms with E-state index >= 15 is 0 Å². The normalized spacial score (nSPS) is 10.1. The van der Waals surface area contributed by atoms with Crippen LogP contribution >= 0.6 is 0 Å². The summed E-state index contributed by atoms with van der Waals surface area (Å²) in [4.78, 5) is 4.30. The zero-order valence-corrected chi connectivity index (χ0v) is 8.79. The van der Waals surface area contributed by atoms with E-state index in [-0.39, 0.29) is 0 Å². The molecule has 0 saturated heterocycles. The summed E-state index contributed by atoms with van der Waals surface area (Å²) in [5, 5.41) is 0. The highest BCUT2D eigenvalue weighted by molar-refractivity contribution is 5.39. The van der Waals surface area contributed by atoms with Gasteiger partial charge in [0, 0.05) is 5.69 Å². The summed E-state index contributed by atoms with van der Waals surface area (Å²) in [5.74, 6) is 5.25. The topological polar surface area (TPSA) is 50.9 Å². The minimum atomic E-state index is 0.863. The molecule has 1 aromatic heterocycles. The second-order valence-corrected chi connectivity index (χ2v) is 3.49. The molecule has 0 aromatic carbocycles. The van der Waals surface area contributed by atoms with Crippen molar-refractivity contribution in [2.75, 3.05) is 5.43 Å². The zero-order chi connectivity index (χ0) is 10.2. The van der Waals surface area contributed by atoms with E-state index in [0.29, 0.717) is 0 Å². The average Bonchev–Trinajstić information content (AvgIpc) is 2.25. The highest BCUT2D eigenvalue weighted by Crippen LogP contribution is 2.08. The average molecular weight is 193 g/mol. The van der Waals surface area contributed by atoms with Gasteiger partial charge in [-0.3, -0.25) is 10.8 Å². The number of rotatable bonds is 6. The molecule has 0 aliphatic carbocycles. The van der Waals surface area contributed by atoms with E-state index in [2.05, 4.69) is 17.3 Å². The maximum atomic E-state index is 5.25. The number of nitrogens with one attached hydrogen (secondary N) is 1. The van der Waals surface area contributed by atoms with Crippen LogP contribution in [0.4, 0.5) is 5.69 Å². The molecule has 0 unspecified atom stereocenters. The highest BCUT2D eigenvalue weighted by atomic mass is 15.2. The molecule has 0 spiro atoms. The summed E-state index contributed by atoms with van der Waals surface area (Å²) in [6.45, 7) is 2.22. The maximum absolute atomic E-state index is 5.25. The van der Waals surface area contributed by atoms with Crippen LogP contribution in [0.25, 0.3) is 0 Å². The number of anilines is 1. The van der Waals surface area contributed by atoms with Crippen LogP contribution in [-0.4, -0.2) is 4.98 Å². The van der Waals surface area contributed by atoms with Crippen molar-refractivity contribution in [1.29, 1.82) is 0 Å². The summed E-state index contributed by atoms with van der Waals surface area (Å²) in [5.41, 5.74) is 4.58. The SMILES string of the molecule is CCCCCCc1ccc(NN)cn1. The number of nitrogens with two attached hydrogens (primary N) is 1. The number of hydrogen-bond acceptors (Lipinski definition) is 3. The first-order valence-electron chi connectivity index (χ1n) is 5.28. The van der Waals surface area contributed by atoms with Crippen molar-refractivity contribution in [1.82, 2.24) is 4.98 Å². The number of aryl methyl sites for hydroxylation is 1. The van der Waals surface area contributed by atoms with Crippen LogP contribution in [-0.2, 0) is 6.42 Å². The van der Waals surface area contributed by atoms with Gasteiger partial charge in [0.05, 0.1) is 11.9 Å². The van der Waals surface area contributed by atoms with Gasteiger partial charge in [-0.05, 0) is 25.0 Å². The number of hydrogen-bond donors (Lipinski definition) is 2. The van der Waals surface area contributed by atoms with Crippen LogP contribution in [0.1, 0.15) is 38.3 Å². The molecule has 1 heterocycles. The number of pyridine rings is 1. The third-order valence-electron chi connectivity index (χ3n) is 2.28. The standard InChI is InChI=1S/C11H19N3/c1-2-3-4-5-6-10-7-8-11(14-12)9-13-10/h7-9,14H,2-6,12H2,1H3. The molecule has 1 aromatic rings. The first-order chi connectivity index (χ1) is 6.86. The summed E-state index contributed by atoms with van der Waals surface area (Å²) < 4.78 is 0. The predicted octanol–water partition coefficient (Wildman–Crippen LogP) is 2.49. The smallest absolute Gasteiger partial charge is 0.0669 e. The van der Waals surface area contributed by atoms with Crippen LogP contribution < -0.4 is 11.3 Å². The lowest BCUT2D eigenvalue weighted by Gasteiger charge is -2.02. The Hall–Kier alpha value is -1.09. The van der Waals surface area contributed by atoms with Gasteiger partial charge in [-0.2, -0.15) is 0 Å². The lowest BCUT2D eigenvalue weighted by atomic mass is 10.1. The number of unbranched alkanes of at least 4 members (excludes halogenated alkanes) is 3. The van der Waals surface area contributed by atoms with Gasteiger partial charge in [-0.1, -0.05) is 26.2 Å². The van der Waals surface area contributed by atoms with E-state index in [0.717, 1.165) is 17.8 Å². The Morgan fingerprint density at radius 1 is 1.29 bits per heavy atom. The first kappa shape index (κ1) is 11.0. The first-order valence-corrected chi connectivity index (χ1v) is 5.28. The number of hydrazine groups is 1. The molecule has 0 amide bonds. The van der Waals surface area contributed by atoms with Crippen molar-refractivity contribution in [3.63, 3.8) is 0 Å². The van der Waals surface area contributed by atoms with Gasteiger partial charge in [0.25, 0.3) is 0 Å². The fourth-order valence-corrected chi connectivity index (χ4v) is 1.39. The maximum Gasteiger partial charge on any atom is 0.0669 e. The fraction of sp³-hybridized carbons (Fsp3) is 0.545. The lowest BCUT2D eigenvalue weighted by Crippen LogP contribution is -2.07. The monoisotopic (exact) mass is 193 g/mol. The number of nitrogen functional groups attached to an aromatic ring is 1. The van der Waals surface area contributed by atoms with Crippen LogP contribution in [0, 0.1) is 0 Å². The van der Waals surface area contributed by atoms with Crippen molar-refractivity contribution in [2.24, 2.45) is 5.84 Å². The Balaban J connectivity index is 2.29. The molecule has 0 radical (unpaired) electrons. The molecule has 0 bridgehead atoms. The second-order valence-electron chi connectivity index (χ2n) is 3.49. The molecule has 3 heteroatoms. The van der Waals surface area contributed by atoms with E-state index < -0.39 is 0 Å². The minimum Gasteiger partial charge on any atom is -0.323 e. The lowest BCUT2D eigenvalue weighted by molar-refractivity contribution is 0.661. The number of nitrogens with zero attached hydrogens (tertiary/aromatic N) is 1. The van der Waals surface area contributed by atoms with E-state index in [1.807, 2.05) is 12.1 Å². The highest BCUT2D eigenvalue weighted by Gasteiger charge is 1.95. The molecule has 0 saturated carbocycles. The summed E-state index contributed by atoms with van der Waals surface area (Å²) in [6.07, 6.45) is 7.98. The van der Waals surface area contributed by atoms with Crippen molar-refractivity contribution in [3.05, 3.63) is 24.0 Å². The summed E-state index contributed by atoms with van der Waals surface area (Å²) >= 11 is 0. The third kappa shape index (κ3) is 3.75. The van der Waals surface area contributed by atoms with Gasteiger partial charge in [0.15, 0.2) is 0 Å². The molecule has 3 N–H and O–H groups in total. The predicted molar refractivity (Wildman–Crippen MR) is 59.9 cm³/mol. The molecule has 14 heavy (non-hydrogen) atoms. The van der Waals surface area contributed by atoms with E-state index in [1.54, 1.807) is 6.20 Å². The molecular weight excluding hydrogens is 174 g/mol. The second kappa shape index (κ2) is 6.38. The van der Waals surface area contributed by atoms with Crippen LogP contribution in [0.15, 0.2) is 18.3 Å². The largest absolute Gasteiger partial charge is 0.323 e.